The molecule has 2 atom stereocenters. The fourth-order valence-electron chi connectivity index (χ4n) is 3.73. The van der Waals surface area contributed by atoms with Crippen LogP contribution in [0, 0.1) is 0 Å². The molecule has 3 amide bonds. The number of carbonyl (C=O) groups excluding carboxylic acids is 2. The highest BCUT2D eigenvalue weighted by atomic mass is 35.5. The third-order valence-electron chi connectivity index (χ3n) is 5.89. The number of pyridine rings is 1. The van der Waals surface area contributed by atoms with Crippen LogP contribution in [0.2, 0.25) is 5.02 Å². The van der Waals surface area contributed by atoms with Crippen LogP contribution in [0.25, 0.3) is 10.9 Å². The van der Waals surface area contributed by atoms with Crippen LogP contribution < -0.4 is 30.3 Å². The molecule has 0 saturated heterocycles. The summed E-state index contributed by atoms with van der Waals surface area (Å²) in [5, 5.41) is 20.0. The summed E-state index contributed by atoms with van der Waals surface area (Å²) >= 11 is 6.37. The molecule has 0 aliphatic heterocycles. The van der Waals surface area contributed by atoms with Gasteiger partial charge >= 0.3 is 19.7 Å². The molecule has 41 heavy (non-hydrogen) atoms. The number of fused-ring (bicyclic) bond motifs is 1. The molecule has 15 heteroatoms. The Balaban J connectivity index is 1.60. The summed E-state index contributed by atoms with van der Waals surface area (Å²) < 4.78 is 29.8. The molecule has 218 valence electrons. The first kappa shape index (κ1) is 30.1. The first-order valence-corrected chi connectivity index (χ1v) is 14.6. The molecule has 0 spiro atoms. The molecule has 1 saturated carbocycles. The Kier molecular flexibility index (Phi) is 9.34. The maximum absolute atomic E-state index is 13.3. The second-order valence-electron chi connectivity index (χ2n) is 9.09. The Hall–Kier alpha value is -3.90. The smallest absolute Gasteiger partial charge is 0.369 e. The van der Waals surface area contributed by atoms with Gasteiger partial charge in [-0.2, -0.15) is 0 Å². The summed E-state index contributed by atoms with van der Waals surface area (Å²) in [6, 6.07) is 7.88. The number of hydrogen-bond acceptors (Lipinski definition) is 8. The number of halogens is 1. The number of anilines is 1. The van der Waals surface area contributed by atoms with Crippen LogP contribution in [0.4, 0.5) is 10.5 Å². The molecular formula is C26H29ClN5O8P. The highest BCUT2D eigenvalue weighted by Crippen LogP contribution is 2.40. The number of carboxylic acids is 1. The quantitative estimate of drug-likeness (QED) is 0.178. The van der Waals surface area contributed by atoms with Crippen LogP contribution >= 0.6 is 19.3 Å². The minimum absolute atomic E-state index is 0.0261. The summed E-state index contributed by atoms with van der Waals surface area (Å²) in [5.74, 6) is -1.33. The minimum Gasteiger partial charge on any atom is -0.496 e. The van der Waals surface area contributed by atoms with Crippen LogP contribution in [0.1, 0.15) is 37.0 Å². The average Bonchev–Trinajstić information content (AvgIpc) is 3.73. The van der Waals surface area contributed by atoms with E-state index in [-0.39, 0.29) is 35.0 Å². The second-order valence-corrected chi connectivity index (χ2v) is 11.3. The van der Waals surface area contributed by atoms with Gasteiger partial charge in [0, 0.05) is 29.8 Å². The lowest BCUT2D eigenvalue weighted by Crippen LogP contribution is -2.38. The summed E-state index contributed by atoms with van der Waals surface area (Å²) in [5.41, 5.74) is 0.814. The molecule has 0 radical (unpaired) electrons. The lowest BCUT2D eigenvalue weighted by Gasteiger charge is -2.22. The van der Waals surface area contributed by atoms with Crippen molar-refractivity contribution < 1.29 is 38.1 Å². The molecule has 1 unspecified atom stereocenters. The van der Waals surface area contributed by atoms with Crippen molar-refractivity contribution in [2.75, 3.05) is 19.0 Å². The van der Waals surface area contributed by atoms with E-state index in [0.29, 0.717) is 28.1 Å². The molecule has 1 aliphatic carbocycles. The van der Waals surface area contributed by atoms with Crippen LogP contribution in [0.3, 0.4) is 0 Å². The molecule has 1 fully saturated rings. The van der Waals surface area contributed by atoms with Crippen molar-refractivity contribution >= 4 is 53.8 Å². The topological polar surface area (TPSA) is 177 Å². The Morgan fingerprint density at radius 3 is 2.56 bits per heavy atom. The molecule has 3 aromatic rings. The molecule has 1 aromatic heterocycles. The van der Waals surface area contributed by atoms with Crippen LogP contribution in [-0.4, -0.2) is 53.8 Å². The number of hydrogen-bond donors (Lipinski definition) is 5. The largest absolute Gasteiger partial charge is 0.496 e. The number of carboxylic acid groups (broad SMARTS) is 1. The minimum atomic E-state index is -4.12. The van der Waals surface area contributed by atoms with Gasteiger partial charge in [-0.3, -0.25) is 19.7 Å². The van der Waals surface area contributed by atoms with Gasteiger partial charge in [0.1, 0.15) is 23.3 Å². The number of ether oxygens (including phenoxy) is 2. The van der Waals surface area contributed by atoms with E-state index in [2.05, 4.69) is 25.8 Å². The Labute approximate surface area is 240 Å². The lowest BCUT2D eigenvalue weighted by molar-refractivity contribution is -0.138. The highest BCUT2D eigenvalue weighted by Gasteiger charge is 2.31. The van der Waals surface area contributed by atoms with Gasteiger partial charge < -0.3 is 29.7 Å². The summed E-state index contributed by atoms with van der Waals surface area (Å²) in [4.78, 5) is 40.9. The number of nitrogens with one attached hydrogen (secondary N) is 4. The fourth-order valence-corrected chi connectivity index (χ4v) is 5.52. The van der Waals surface area contributed by atoms with E-state index in [4.69, 9.17) is 25.6 Å². The maximum atomic E-state index is 13.3. The number of benzene rings is 2. The SMILES string of the molecule is CCOP(=O)(NC(=O)c1cc2c(Oc3ccc(NC(=O)NC4CC4)c(Cl)c3)ccnc2cc1OC)N[C@@H](C)C(=O)O. The Morgan fingerprint density at radius 2 is 1.93 bits per heavy atom. The van der Waals surface area contributed by atoms with E-state index >= 15 is 0 Å². The summed E-state index contributed by atoms with van der Waals surface area (Å²) in [6.07, 6.45) is 3.42. The lowest BCUT2D eigenvalue weighted by atomic mass is 10.1. The molecule has 0 bridgehead atoms. The van der Waals surface area contributed by atoms with Crippen molar-refractivity contribution in [2.45, 2.75) is 38.8 Å². The molecular weight excluding hydrogens is 577 g/mol. The van der Waals surface area contributed by atoms with Gasteiger partial charge in [0.25, 0.3) is 5.91 Å². The van der Waals surface area contributed by atoms with Crippen molar-refractivity contribution in [1.29, 1.82) is 0 Å². The number of urea groups is 1. The van der Waals surface area contributed by atoms with Crippen molar-refractivity contribution in [1.82, 2.24) is 20.5 Å². The number of methoxy groups -OCH3 is 1. The van der Waals surface area contributed by atoms with Crippen LogP contribution in [-0.2, 0) is 13.9 Å². The highest BCUT2D eigenvalue weighted by molar-refractivity contribution is 7.55. The van der Waals surface area contributed by atoms with Crippen LogP contribution in [0.5, 0.6) is 17.2 Å². The zero-order valence-corrected chi connectivity index (χ0v) is 24.0. The van der Waals surface area contributed by atoms with Gasteiger partial charge in [-0.05, 0) is 51.0 Å². The third-order valence-corrected chi connectivity index (χ3v) is 8.05. The zero-order valence-electron chi connectivity index (χ0n) is 22.4. The number of aliphatic carboxylic acids is 1. The van der Waals surface area contributed by atoms with E-state index in [1.54, 1.807) is 25.1 Å². The molecule has 5 N–H and O–H groups in total. The van der Waals surface area contributed by atoms with E-state index in [1.807, 2.05) is 0 Å². The molecule has 1 aliphatic rings. The number of nitrogens with zero attached hydrogens (tertiary/aromatic N) is 1. The van der Waals surface area contributed by atoms with E-state index < -0.39 is 25.6 Å². The van der Waals surface area contributed by atoms with Crippen molar-refractivity contribution in [2.24, 2.45) is 0 Å². The number of rotatable bonds is 12. The van der Waals surface area contributed by atoms with Crippen molar-refractivity contribution in [3.05, 3.63) is 53.2 Å². The standard InChI is InChI=1S/C26H29ClN5O8P/c1-4-39-41(37,31-14(2)25(34)35)32-24(33)18-12-17-21(13-23(18)38-3)28-10-9-22(17)40-16-7-8-20(19(27)11-16)30-26(36)29-15-5-6-15/h7-15H,4-6H2,1-3H3,(H,34,35)(H2,29,30,36)(H2,31,32,33,37)/t14-,41?/m0/s1. The monoisotopic (exact) mass is 605 g/mol. The first-order chi connectivity index (χ1) is 19.5. The molecule has 2 aromatic carbocycles. The Morgan fingerprint density at radius 1 is 1.17 bits per heavy atom. The predicted molar refractivity (Wildman–Crippen MR) is 152 cm³/mol. The number of carbonyl (C=O) groups is 3. The predicted octanol–water partition coefficient (Wildman–Crippen LogP) is 4.91. The van der Waals surface area contributed by atoms with Gasteiger partial charge in [-0.1, -0.05) is 11.6 Å². The summed E-state index contributed by atoms with van der Waals surface area (Å²) in [6.45, 7) is 2.76. The summed E-state index contributed by atoms with van der Waals surface area (Å²) in [7, 11) is -2.76. The zero-order chi connectivity index (χ0) is 29.7. The Bertz CT molecular complexity index is 1530. The van der Waals surface area contributed by atoms with E-state index in [1.165, 1.54) is 38.4 Å². The molecule has 13 nitrogen and oxygen atoms in total. The van der Waals surface area contributed by atoms with Gasteiger partial charge in [0.2, 0.25) is 0 Å². The third kappa shape index (κ3) is 7.65. The van der Waals surface area contributed by atoms with Gasteiger partial charge in [-0.15, -0.1) is 0 Å². The van der Waals surface area contributed by atoms with Crippen molar-refractivity contribution in [3.63, 3.8) is 0 Å². The van der Waals surface area contributed by atoms with Crippen molar-refractivity contribution in [3.8, 4) is 17.2 Å². The second kappa shape index (κ2) is 12.7. The van der Waals surface area contributed by atoms with Gasteiger partial charge in [0.15, 0.2) is 0 Å². The first-order valence-electron chi connectivity index (χ1n) is 12.6. The average molecular weight is 606 g/mol. The van der Waals surface area contributed by atoms with Crippen LogP contribution in [0.15, 0.2) is 42.6 Å². The number of aromatic nitrogens is 1. The molecule has 4 rings (SSSR count). The van der Waals surface area contributed by atoms with Gasteiger partial charge in [0.05, 0.1) is 35.5 Å². The van der Waals surface area contributed by atoms with Gasteiger partial charge in [-0.25, -0.2) is 14.4 Å². The van der Waals surface area contributed by atoms with E-state index in [9.17, 15) is 24.1 Å². The maximum Gasteiger partial charge on any atom is 0.369 e. The normalized spacial score (nSPS) is 14.9. The fraction of sp³-hybridized carbons (Fsp3) is 0.308. The molecule has 1 heterocycles. The number of amides is 3. The van der Waals surface area contributed by atoms with E-state index in [0.717, 1.165) is 12.8 Å².